The molecule has 0 spiro atoms. The van der Waals surface area contributed by atoms with Crippen LogP contribution in [0.4, 0.5) is 5.82 Å². The summed E-state index contributed by atoms with van der Waals surface area (Å²) < 4.78 is 2.07. The Morgan fingerprint density at radius 2 is 2.04 bits per heavy atom. The Labute approximate surface area is 149 Å². The number of rotatable bonds is 4. The van der Waals surface area contributed by atoms with Gasteiger partial charge in [0.15, 0.2) is 5.78 Å². The van der Waals surface area contributed by atoms with Gasteiger partial charge in [-0.3, -0.25) is 23.6 Å². The van der Waals surface area contributed by atoms with Gasteiger partial charge in [0.1, 0.15) is 11.4 Å². The molecule has 134 valence electrons. The normalized spacial score (nSPS) is 19.2. The lowest BCUT2D eigenvalue weighted by Gasteiger charge is -2.29. The first kappa shape index (κ1) is 17.6. The molecular weight excluding hydrogens is 340 g/mol. The zero-order valence-electron chi connectivity index (χ0n) is 14.6. The van der Waals surface area contributed by atoms with Gasteiger partial charge >= 0.3 is 5.69 Å². The van der Waals surface area contributed by atoms with Crippen molar-refractivity contribution in [1.82, 2.24) is 14.0 Å². The predicted octanol–water partition coefficient (Wildman–Crippen LogP) is 1.14. The molecule has 0 aromatic carbocycles. The summed E-state index contributed by atoms with van der Waals surface area (Å²) in [5.41, 5.74) is 5.85. The largest absolute Gasteiger partial charge is 0.384 e. The Morgan fingerprint density at radius 1 is 1.32 bits per heavy atom. The highest BCUT2D eigenvalue weighted by Gasteiger charge is 2.35. The highest BCUT2D eigenvalue weighted by Crippen LogP contribution is 2.35. The van der Waals surface area contributed by atoms with E-state index in [1.807, 2.05) is 5.38 Å². The summed E-state index contributed by atoms with van der Waals surface area (Å²) >= 11 is 1.63. The molecule has 0 radical (unpaired) electrons. The van der Waals surface area contributed by atoms with Crippen LogP contribution in [0.15, 0.2) is 26.4 Å². The van der Waals surface area contributed by atoms with Crippen LogP contribution in [0.1, 0.15) is 41.7 Å². The first-order valence-corrected chi connectivity index (χ1v) is 9.16. The van der Waals surface area contributed by atoms with E-state index in [1.54, 1.807) is 18.3 Å². The smallest absolute Gasteiger partial charge is 0.332 e. The molecule has 1 aliphatic heterocycles. The number of nitrogens with zero attached hydrogens (tertiary/aromatic N) is 3. The Morgan fingerprint density at radius 3 is 2.68 bits per heavy atom. The molecule has 2 aromatic heterocycles. The Kier molecular flexibility index (Phi) is 4.66. The first-order valence-electron chi connectivity index (χ1n) is 8.22. The average molecular weight is 362 g/mol. The lowest BCUT2D eigenvalue weighted by molar-refractivity contribution is 0.0818. The number of nitrogens with two attached hydrogens (primary N) is 1. The minimum absolute atomic E-state index is 0.0729. The quantitative estimate of drug-likeness (QED) is 0.824. The number of anilines is 1. The van der Waals surface area contributed by atoms with Gasteiger partial charge < -0.3 is 5.73 Å². The molecule has 0 saturated carbocycles. The Balaban J connectivity index is 1.99. The standard InChI is InChI=1S/C17H22N4O3S/c1-10(21-7-4-5-12(21)11-6-8-25-9-11)14(22)13-15(18)19(2)17(24)20(3)16(13)23/h6,8-10,12H,4-5,7,18H2,1-3H3. The maximum absolute atomic E-state index is 13.1. The number of Topliss-reactive ketones (excluding diaryl/α,β-unsaturated/α-hetero) is 1. The lowest BCUT2D eigenvalue weighted by atomic mass is 10.0. The van der Waals surface area contributed by atoms with Crippen molar-refractivity contribution in [3.8, 4) is 0 Å². The number of hydrogen-bond acceptors (Lipinski definition) is 6. The monoisotopic (exact) mass is 362 g/mol. The summed E-state index contributed by atoms with van der Waals surface area (Å²) in [5.74, 6) is -0.410. The predicted molar refractivity (Wildman–Crippen MR) is 98.1 cm³/mol. The first-order chi connectivity index (χ1) is 11.8. The highest BCUT2D eigenvalue weighted by molar-refractivity contribution is 7.07. The molecule has 0 aliphatic carbocycles. The number of aromatic nitrogens is 2. The van der Waals surface area contributed by atoms with Gasteiger partial charge in [0.25, 0.3) is 5.56 Å². The number of thiophene rings is 1. The molecule has 1 saturated heterocycles. The van der Waals surface area contributed by atoms with Crippen LogP contribution in [0, 0.1) is 0 Å². The molecule has 2 atom stereocenters. The van der Waals surface area contributed by atoms with Crippen molar-refractivity contribution in [2.45, 2.75) is 31.8 Å². The van der Waals surface area contributed by atoms with Gasteiger partial charge in [0.2, 0.25) is 0 Å². The summed E-state index contributed by atoms with van der Waals surface area (Å²) in [6, 6.07) is 1.76. The zero-order valence-corrected chi connectivity index (χ0v) is 15.4. The van der Waals surface area contributed by atoms with Crippen molar-refractivity contribution in [3.05, 3.63) is 48.8 Å². The average Bonchev–Trinajstić information content (AvgIpc) is 3.28. The SMILES string of the molecule is CC(C(=O)c1c(N)n(C)c(=O)n(C)c1=O)N1CCCC1c1ccsc1. The van der Waals surface area contributed by atoms with E-state index < -0.39 is 17.3 Å². The lowest BCUT2D eigenvalue weighted by Crippen LogP contribution is -2.46. The molecule has 3 heterocycles. The van der Waals surface area contributed by atoms with Crippen molar-refractivity contribution >= 4 is 22.9 Å². The van der Waals surface area contributed by atoms with Crippen LogP contribution in [0.3, 0.4) is 0 Å². The molecule has 2 unspecified atom stereocenters. The maximum Gasteiger partial charge on any atom is 0.332 e. The summed E-state index contributed by atoms with van der Waals surface area (Å²) in [6.45, 7) is 2.59. The van der Waals surface area contributed by atoms with E-state index in [9.17, 15) is 14.4 Å². The molecular formula is C17H22N4O3S. The molecule has 0 bridgehead atoms. The van der Waals surface area contributed by atoms with E-state index in [-0.39, 0.29) is 23.2 Å². The second-order valence-electron chi connectivity index (χ2n) is 6.46. The third-order valence-corrected chi connectivity index (χ3v) is 5.76. The van der Waals surface area contributed by atoms with Crippen LogP contribution in [-0.2, 0) is 14.1 Å². The molecule has 3 rings (SSSR count). The zero-order chi connectivity index (χ0) is 18.3. The number of carbonyl (C=O) groups is 1. The van der Waals surface area contributed by atoms with Gasteiger partial charge in [-0.2, -0.15) is 11.3 Å². The summed E-state index contributed by atoms with van der Waals surface area (Å²) in [7, 11) is 2.82. The summed E-state index contributed by atoms with van der Waals surface area (Å²) in [6.07, 6.45) is 1.98. The van der Waals surface area contributed by atoms with Crippen molar-refractivity contribution in [2.75, 3.05) is 12.3 Å². The minimum Gasteiger partial charge on any atom is -0.384 e. The summed E-state index contributed by atoms with van der Waals surface area (Å²) in [4.78, 5) is 39.6. The van der Waals surface area contributed by atoms with E-state index in [0.29, 0.717) is 0 Å². The van der Waals surface area contributed by atoms with Gasteiger partial charge in [-0.1, -0.05) is 0 Å². The van der Waals surface area contributed by atoms with E-state index >= 15 is 0 Å². The molecule has 0 amide bonds. The summed E-state index contributed by atoms with van der Waals surface area (Å²) in [5, 5.41) is 4.12. The van der Waals surface area contributed by atoms with E-state index in [1.165, 1.54) is 19.7 Å². The highest BCUT2D eigenvalue weighted by atomic mass is 32.1. The van der Waals surface area contributed by atoms with E-state index in [2.05, 4.69) is 16.3 Å². The molecule has 1 fully saturated rings. The number of nitrogen functional groups attached to an aromatic ring is 1. The molecule has 8 heteroatoms. The van der Waals surface area contributed by atoms with Gasteiger partial charge in [-0.05, 0) is 48.7 Å². The minimum atomic E-state index is -0.635. The van der Waals surface area contributed by atoms with Crippen LogP contribution in [0.2, 0.25) is 0 Å². The van der Waals surface area contributed by atoms with Crippen LogP contribution in [0.5, 0.6) is 0 Å². The second-order valence-corrected chi connectivity index (χ2v) is 7.24. The fourth-order valence-electron chi connectivity index (χ4n) is 3.53. The number of carbonyl (C=O) groups excluding carboxylic acids is 1. The van der Waals surface area contributed by atoms with E-state index in [4.69, 9.17) is 5.73 Å². The Hall–Kier alpha value is -2.19. The Bertz CT molecular complexity index is 913. The molecule has 2 N–H and O–H groups in total. The van der Waals surface area contributed by atoms with Gasteiger partial charge in [-0.25, -0.2) is 4.79 Å². The van der Waals surface area contributed by atoms with Crippen molar-refractivity contribution in [3.63, 3.8) is 0 Å². The number of likely N-dealkylation sites (tertiary alicyclic amines) is 1. The molecule has 25 heavy (non-hydrogen) atoms. The topological polar surface area (TPSA) is 90.3 Å². The second kappa shape index (κ2) is 6.61. The molecule has 7 nitrogen and oxygen atoms in total. The molecule has 2 aromatic rings. The van der Waals surface area contributed by atoms with Gasteiger partial charge in [0.05, 0.1) is 6.04 Å². The van der Waals surface area contributed by atoms with Crippen LogP contribution in [0.25, 0.3) is 0 Å². The van der Waals surface area contributed by atoms with Crippen LogP contribution in [-0.4, -0.2) is 32.4 Å². The van der Waals surface area contributed by atoms with Crippen LogP contribution < -0.4 is 17.0 Å². The third-order valence-electron chi connectivity index (χ3n) is 5.06. The van der Waals surface area contributed by atoms with Gasteiger partial charge in [0, 0.05) is 20.1 Å². The fraction of sp³-hybridized carbons (Fsp3) is 0.471. The fourth-order valence-corrected chi connectivity index (χ4v) is 4.23. The van der Waals surface area contributed by atoms with Gasteiger partial charge in [-0.15, -0.1) is 0 Å². The van der Waals surface area contributed by atoms with E-state index in [0.717, 1.165) is 28.5 Å². The van der Waals surface area contributed by atoms with Crippen LogP contribution >= 0.6 is 11.3 Å². The van der Waals surface area contributed by atoms with Crippen molar-refractivity contribution in [2.24, 2.45) is 14.1 Å². The number of hydrogen-bond donors (Lipinski definition) is 1. The molecule has 1 aliphatic rings. The maximum atomic E-state index is 13.1. The third kappa shape index (κ3) is 2.85. The number of ketones is 1. The van der Waals surface area contributed by atoms with Crippen molar-refractivity contribution in [1.29, 1.82) is 0 Å². The van der Waals surface area contributed by atoms with Crippen molar-refractivity contribution < 1.29 is 4.79 Å².